The number of pyridine rings is 2. The van der Waals surface area contributed by atoms with Crippen LogP contribution in [0.2, 0.25) is 0 Å². The topological polar surface area (TPSA) is 86.0 Å². The van der Waals surface area contributed by atoms with Crippen molar-refractivity contribution in [2.45, 2.75) is 18.7 Å². The lowest BCUT2D eigenvalue weighted by molar-refractivity contribution is 0.593. The summed E-state index contributed by atoms with van der Waals surface area (Å²) >= 11 is 0. The first kappa shape index (κ1) is 13.7. The van der Waals surface area contributed by atoms with Crippen molar-refractivity contribution in [3.63, 3.8) is 0 Å². The van der Waals surface area contributed by atoms with Crippen LogP contribution in [0.5, 0.6) is 0 Å². The van der Waals surface area contributed by atoms with Gasteiger partial charge in [-0.25, -0.2) is 13.4 Å². The van der Waals surface area contributed by atoms with Crippen LogP contribution in [0.25, 0.3) is 22.7 Å². The fourth-order valence-corrected chi connectivity index (χ4v) is 3.01. The Bertz CT molecular complexity index is 916. The van der Waals surface area contributed by atoms with Crippen LogP contribution in [0.4, 0.5) is 0 Å². The summed E-state index contributed by atoms with van der Waals surface area (Å²) in [5.74, 6) is 0.223. The van der Waals surface area contributed by atoms with Gasteiger partial charge in [0.25, 0.3) is 0 Å². The lowest BCUT2D eigenvalue weighted by Crippen LogP contribution is -2.06. The van der Waals surface area contributed by atoms with Gasteiger partial charge in [0.2, 0.25) is 5.89 Å². The molecule has 21 heavy (non-hydrogen) atoms. The Balaban J connectivity index is 2.24. The maximum Gasteiger partial charge on any atom is 0.230 e. The quantitative estimate of drug-likeness (QED) is 0.738. The van der Waals surface area contributed by atoms with Crippen LogP contribution >= 0.6 is 0 Å². The molecule has 0 unspecified atom stereocenters. The molecule has 3 rings (SSSR count). The Morgan fingerprint density at radius 2 is 2.00 bits per heavy atom. The zero-order chi connectivity index (χ0) is 15.0. The molecule has 0 saturated heterocycles. The summed E-state index contributed by atoms with van der Waals surface area (Å²) in [4.78, 5) is 12.6. The highest BCUT2D eigenvalue weighted by Crippen LogP contribution is 2.29. The van der Waals surface area contributed by atoms with Crippen molar-refractivity contribution in [1.29, 1.82) is 0 Å². The molecule has 0 saturated carbocycles. The van der Waals surface area contributed by atoms with Crippen LogP contribution in [0.3, 0.4) is 0 Å². The molecule has 0 aliphatic heterocycles. The first-order valence-electron chi connectivity index (χ1n) is 6.42. The molecule has 7 heteroatoms. The van der Waals surface area contributed by atoms with Gasteiger partial charge in [-0.15, -0.1) is 0 Å². The maximum atomic E-state index is 12.1. The maximum absolute atomic E-state index is 12.1. The van der Waals surface area contributed by atoms with E-state index in [0.717, 1.165) is 5.69 Å². The van der Waals surface area contributed by atoms with Crippen molar-refractivity contribution in [3.8, 4) is 11.5 Å². The third kappa shape index (κ3) is 2.40. The van der Waals surface area contributed by atoms with Gasteiger partial charge in [0, 0.05) is 18.1 Å². The molecule has 0 atom stereocenters. The van der Waals surface area contributed by atoms with Crippen LogP contribution < -0.4 is 0 Å². The van der Waals surface area contributed by atoms with E-state index in [2.05, 4.69) is 15.0 Å². The third-order valence-corrected chi connectivity index (χ3v) is 4.88. The number of aromatic nitrogens is 3. The minimum absolute atomic E-state index is 0.0106. The minimum Gasteiger partial charge on any atom is -0.434 e. The van der Waals surface area contributed by atoms with E-state index in [1.165, 1.54) is 12.4 Å². The molecule has 0 aliphatic rings. The standard InChI is InChI=1S/C14H13N3O3S/c1-3-21(18,19)12-8-15-7-6-10(12)14-17-13-11(20-14)5-4-9(2)16-13/h4-8H,3H2,1-2H3. The smallest absolute Gasteiger partial charge is 0.230 e. The first-order chi connectivity index (χ1) is 10.0. The van der Waals surface area contributed by atoms with Gasteiger partial charge in [0.1, 0.15) is 0 Å². The number of aryl methyl sites for hydroxylation is 1. The Morgan fingerprint density at radius 3 is 2.76 bits per heavy atom. The lowest BCUT2D eigenvalue weighted by Gasteiger charge is -2.04. The van der Waals surface area contributed by atoms with E-state index in [1.54, 1.807) is 19.1 Å². The van der Waals surface area contributed by atoms with Crippen molar-refractivity contribution in [2.75, 3.05) is 5.75 Å². The highest BCUT2D eigenvalue weighted by atomic mass is 32.2. The van der Waals surface area contributed by atoms with Crippen LogP contribution in [0, 0.1) is 6.92 Å². The van der Waals surface area contributed by atoms with Crippen molar-refractivity contribution in [1.82, 2.24) is 15.0 Å². The van der Waals surface area contributed by atoms with E-state index >= 15 is 0 Å². The number of hydrogen-bond donors (Lipinski definition) is 0. The van der Waals surface area contributed by atoms with Gasteiger partial charge < -0.3 is 4.42 Å². The number of nitrogens with zero attached hydrogens (tertiary/aromatic N) is 3. The van der Waals surface area contributed by atoms with Gasteiger partial charge in [-0.05, 0) is 25.1 Å². The Morgan fingerprint density at radius 1 is 1.19 bits per heavy atom. The molecule has 0 aromatic carbocycles. The minimum atomic E-state index is -3.41. The third-order valence-electron chi connectivity index (χ3n) is 3.12. The monoisotopic (exact) mass is 303 g/mol. The second-order valence-electron chi connectivity index (χ2n) is 4.57. The number of sulfone groups is 1. The molecule has 3 aromatic rings. The Labute approximate surface area is 121 Å². The van der Waals surface area contributed by atoms with Gasteiger partial charge in [0.15, 0.2) is 21.1 Å². The summed E-state index contributed by atoms with van der Waals surface area (Å²) in [5, 5.41) is 0. The molecule has 0 bridgehead atoms. The molecule has 0 fully saturated rings. The number of rotatable bonds is 3. The highest BCUT2D eigenvalue weighted by molar-refractivity contribution is 7.91. The summed E-state index contributed by atoms with van der Waals surface area (Å²) in [6, 6.07) is 5.16. The molecular weight excluding hydrogens is 290 g/mol. The largest absolute Gasteiger partial charge is 0.434 e. The molecule has 0 aliphatic carbocycles. The lowest BCUT2D eigenvalue weighted by atomic mass is 10.3. The zero-order valence-electron chi connectivity index (χ0n) is 11.6. The van der Waals surface area contributed by atoms with Crippen LogP contribution in [0.1, 0.15) is 12.6 Å². The number of oxazole rings is 1. The van der Waals surface area contributed by atoms with E-state index in [-0.39, 0.29) is 16.5 Å². The fraction of sp³-hybridized carbons (Fsp3) is 0.214. The van der Waals surface area contributed by atoms with E-state index in [9.17, 15) is 8.42 Å². The van der Waals surface area contributed by atoms with Crippen LogP contribution in [-0.4, -0.2) is 29.1 Å². The summed E-state index contributed by atoms with van der Waals surface area (Å²) < 4.78 is 29.9. The summed E-state index contributed by atoms with van der Waals surface area (Å²) in [6.07, 6.45) is 2.83. The molecule has 3 aromatic heterocycles. The van der Waals surface area contributed by atoms with Crippen LogP contribution in [0.15, 0.2) is 39.9 Å². The van der Waals surface area contributed by atoms with E-state index in [4.69, 9.17) is 4.42 Å². The van der Waals surface area contributed by atoms with Crippen molar-refractivity contribution in [2.24, 2.45) is 0 Å². The first-order valence-corrected chi connectivity index (χ1v) is 8.08. The number of fused-ring (bicyclic) bond motifs is 1. The Hall–Kier alpha value is -2.28. The van der Waals surface area contributed by atoms with Gasteiger partial charge in [-0.2, -0.15) is 4.98 Å². The van der Waals surface area contributed by atoms with E-state index in [1.807, 2.05) is 13.0 Å². The van der Waals surface area contributed by atoms with Gasteiger partial charge in [-0.3, -0.25) is 4.98 Å². The molecule has 6 nitrogen and oxygen atoms in total. The summed E-state index contributed by atoms with van der Waals surface area (Å²) in [7, 11) is -3.41. The second-order valence-corrected chi connectivity index (χ2v) is 6.82. The normalized spacial score (nSPS) is 11.9. The van der Waals surface area contributed by atoms with Gasteiger partial charge in [0.05, 0.1) is 16.2 Å². The van der Waals surface area contributed by atoms with Crippen molar-refractivity contribution >= 4 is 21.1 Å². The van der Waals surface area contributed by atoms with Gasteiger partial charge in [-0.1, -0.05) is 6.92 Å². The van der Waals surface area contributed by atoms with E-state index in [0.29, 0.717) is 16.8 Å². The molecule has 0 radical (unpaired) electrons. The van der Waals surface area contributed by atoms with E-state index < -0.39 is 9.84 Å². The van der Waals surface area contributed by atoms with Crippen molar-refractivity contribution in [3.05, 3.63) is 36.3 Å². The molecule has 108 valence electrons. The molecule has 0 N–H and O–H groups in total. The highest BCUT2D eigenvalue weighted by Gasteiger charge is 2.21. The SMILES string of the molecule is CCS(=O)(=O)c1cnccc1-c1nc2nc(C)ccc2o1. The van der Waals surface area contributed by atoms with Gasteiger partial charge >= 0.3 is 0 Å². The molecule has 3 heterocycles. The predicted octanol–water partition coefficient (Wildman–Crippen LogP) is 2.39. The summed E-state index contributed by atoms with van der Waals surface area (Å²) in [5.41, 5.74) is 2.20. The zero-order valence-corrected chi connectivity index (χ0v) is 12.4. The molecular formula is C14H13N3O3S. The average Bonchev–Trinajstić information content (AvgIpc) is 2.90. The average molecular weight is 303 g/mol. The van der Waals surface area contributed by atoms with Crippen LogP contribution in [-0.2, 0) is 9.84 Å². The number of hydrogen-bond acceptors (Lipinski definition) is 6. The predicted molar refractivity (Wildman–Crippen MR) is 77.5 cm³/mol. The van der Waals surface area contributed by atoms with Crippen molar-refractivity contribution < 1.29 is 12.8 Å². The Kier molecular flexibility index (Phi) is 3.21. The fourth-order valence-electron chi connectivity index (χ4n) is 1.99. The second kappa shape index (κ2) is 4.92. The molecule has 0 spiro atoms. The molecule has 0 amide bonds. The summed E-state index contributed by atoms with van der Waals surface area (Å²) in [6.45, 7) is 3.44.